The average Bonchev–Trinajstić information content (AvgIpc) is 3.37. The number of esters is 1. The highest BCUT2D eigenvalue weighted by Crippen LogP contribution is 2.45. The minimum Gasteiger partial charge on any atom is -0.488 e. The second-order valence-corrected chi connectivity index (χ2v) is 10.8. The molecule has 10 heteroatoms. The lowest BCUT2D eigenvalue weighted by Crippen LogP contribution is -2.53. The fourth-order valence-corrected chi connectivity index (χ4v) is 4.76. The molecule has 0 bridgehead atoms. The molecule has 1 saturated carbocycles. The van der Waals surface area contributed by atoms with E-state index in [-0.39, 0.29) is 25.5 Å². The van der Waals surface area contributed by atoms with E-state index >= 15 is 0 Å². The second-order valence-electron chi connectivity index (χ2n) is 10.3. The maximum atomic E-state index is 13.5. The summed E-state index contributed by atoms with van der Waals surface area (Å²) >= 11 is 6.10. The first-order chi connectivity index (χ1) is 17.5. The molecule has 4 atom stereocenters. The Morgan fingerprint density at radius 3 is 2.70 bits per heavy atom. The van der Waals surface area contributed by atoms with Crippen LogP contribution in [0.5, 0.6) is 5.75 Å². The summed E-state index contributed by atoms with van der Waals surface area (Å²) in [6.45, 7) is 11.1. The van der Waals surface area contributed by atoms with Gasteiger partial charge in [0.05, 0.1) is 18.7 Å². The number of pyridine rings is 1. The van der Waals surface area contributed by atoms with Crippen molar-refractivity contribution in [1.82, 2.24) is 15.2 Å². The molecular formula is C27H32ClN3O6. The Morgan fingerprint density at radius 2 is 2.05 bits per heavy atom. The zero-order valence-electron chi connectivity index (χ0n) is 21.5. The maximum Gasteiger partial charge on any atom is 0.411 e. The normalized spacial score (nSPS) is 24.9. The van der Waals surface area contributed by atoms with Crippen LogP contribution in [0, 0.1) is 5.92 Å². The third-order valence-electron chi connectivity index (χ3n) is 6.44. The molecule has 2 amide bonds. The molecule has 37 heavy (non-hydrogen) atoms. The van der Waals surface area contributed by atoms with Gasteiger partial charge >= 0.3 is 12.1 Å². The number of hydrogen-bond acceptors (Lipinski definition) is 7. The van der Waals surface area contributed by atoms with Crippen molar-refractivity contribution in [3.05, 3.63) is 48.1 Å². The number of likely N-dealkylation sites (tertiary alicyclic amines) is 1. The molecule has 4 rings (SSSR count). The van der Waals surface area contributed by atoms with Gasteiger partial charge in [0.2, 0.25) is 5.91 Å². The van der Waals surface area contributed by atoms with E-state index in [2.05, 4.69) is 16.9 Å². The first-order valence-corrected chi connectivity index (χ1v) is 12.7. The summed E-state index contributed by atoms with van der Waals surface area (Å²) < 4.78 is 17.1. The summed E-state index contributed by atoms with van der Waals surface area (Å²) in [4.78, 5) is 45.0. The molecule has 2 aliphatic rings. The molecule has 198 valence electrons. The van der Waals surface area contributed by atoms with Crippen LogP contribution < -0.4 is 10.1 Å². The zero-order chi connectivity index (χ0) is 27.0. The molecular weight excluding hydrogens is 498 g/mol. The van der Waals surface area contributed by atoms with Crippen LogP contribution in [-0.2, 0) is 19.1 Å². The minimum absolute atomic E-state index is 0.127. The Bertz CT molecular complexity index is 1230. The highest BCUT2D eigenvalue weighted by Gasteiger charge is 2.62. The molecule has 0 spiro atoms. The van der Waals surface area contributed by atoms with Gasteiger partial charge in [-0.25, -0.2) is 9.59 Å². The van der Waals surface area contributed by atoms with E-state index in [1.54, 1.807) is 58.2 Å². The molecule has 1 aliphatic heterocycles. The number of nitrogens with zero attached hydrogens (tertiary/aromatic N) is 2. The van der Waals surface area contributed by atoms with E-state index in [1.807, 2.05) is 6.07 Å². The largest absolute Gasteiger partial charge is 0.488 e. The van der Waals surface area contributed by atoms with E-state index < -0.39 is 41.3 Å². The van der Waals surface area contributed by atoms with Gasteiger partial charge in [-0.1, -0.05) is 17.7 Å². The second kappa shape index (κ2) is 10.2. The van der Waals surface area contributed by atoms with Gasteiger partial charge in [0.25, 0.3) is 0 Å². The zero-order valence-corrected chi connectivity index (χ0v) is 22.2. The van der Waals surface area contributed by atoms with Gasteiger partial charge in [0, 0.05) is 28.9 Å². The highest BCUT2D eigenvalue weighted by atomic mass is 35.5. The average molecular weight is 530 g/mol. The lowest BCUT2D eigenvalue weighted by Gasteiger charge is -2.28. The number of carbonyl (C=O) groups excluding carboxylic acids is 3. The maximum absolute atomic E-state index is 13.5. The topological polar surface area (TPSA) is 107 Å². The Balaban J connectivity index is 1.57. The number of carbonyl (C=O) groups is 3. The summed E-state index contributed by atoms with van der Waals surface area (Å²) in [6, 6.07) is 6.13. The van der Waals surface area contributed by atoms with Crippen LogP contribution in [0.2, 0.25) is 5.02 Å². The number of ether oxygens (including phenoxy) is 3. The molecule has 2 fully saturated rings. The molecule has 1 aromatic heterocycles. The number of benzene rings is 1. The van der Waals surface area contributed by atoms with E-state index in [4.69, 9.17) is 25.8 Å². The molecule has 0 radical (unpaired) electrons. The number of fused-ring (bicyclic) bond motifs is 1. The standard InChI is InChI=1S/C27H32ClN3O6/c1-6-16-14-27(16,24(33)35-7-2)30-23(32)21-13-18(15-31(21)25(34)37-26(3,4)5)36-22-10-11-29-20-12-17(28)8-9-19(20)22/h6,8-12,16,18,21H,1,7,13-15H2,2-5H3,(H,30,32)/t16-,18-,21+,27-/m1/s1. The van der Waals surface area contributed by atoms with Crippen molar-refractivity contribution in [2.45, 2.75) is 63.8 Å². The van der Waals surface area contributed by atoms with Gasteiger partial charge in [-0.05, 0) is 58.4 Å². The number of hydrogen-bond donors (Lipinski definition) is 1. The molecule has 2 aromatic rings. The van der Waals surface area contributed by atoms with Gasteiger partial charge in [-0.2, -0.15) is 0 Å². The van der Waals surface area contributed by atoms with Gasteiger partial charge in [0.15, 0.2) is 0 Å². The summed E-state index contributed by atoms with van der Waals surface area (Å²) in [7, 11) is 0. The summed E-state index contributed by atoms with van der Waals surface area (Å²) in [5, 5.41) is 4.16. The first kappa shape index (κ1) is 26.7. The molecule has 0 unspecified atom stereocenters. The fraction of sp³-hybridized carbons (Fsp3) is 0.481. The minimum atomic E-state index is -1.17. The van der Waals surface area contributed by atoms with E-state index in [1.165, 1.54) is 4.90 Å². The van der Waals surface area contributed by atoms with Crippen molar-refractivity contribution in [2.24, 2.45) is 5.92 Å². The van der Waals surface area contributed by atoms with Crippen molar-refractivity contribution < 1.29 is 28.6 Å². The highest BCUT2D eigenvalue weighted by molar-refractivity contribution is 6.31. The number of halogens is 1. The number of aromatic nitrogens is 1. The first-order valence-electron chi connectivity index (χ1n) is 12.3. The van der Waals surface area contributed by atoms with Crippen LogP contribution in [0.1, 0.15) is 40.5 Å². The molecule has 2 heterocycles. The number of nitrogens with one attached hydrogen (secondary N) is 1. The quantitative estimate of drug-likeness (QED) is 0.421. The smallest absolute Gasteiger partial charge is 0.411 e. The van der Waals surface area contributed by atoms with Crippen LogP contribution in [0.3, 0.4) is 0 Å². The van der Waals surface area contributed by atoms with Crippen LogP contribution in [0.4, 0.5) is 4.79 Å². The monoisotopic (exact) mass is 529 g/mol. The van der Waals surface area contributed by atoms with Crippen molar-refractivity contribution in [3.63, 3.8) is 0 Å². The van der Waals surface area contributed by atoms with Crippen molar-refractivity contribution >= 4 is 40.5 Å². The Labute approximate surface area is 221 Å². The SMILES string of the molecule is C=C[C@@H]1C[C@]1(NC(=O)[C@@H]1C[C@@H](Oc2ccnc3cc(Cl)ccc23)CN1C(=O)OC(C)(C)C)C(=O)OCC. The predicted molar refractivity (Wildman–Crippen MR) is 138 cm³/mol. The molecule has 9 nitrogen and oxygen atoms in total. The van der Waals surface area contributed by atoms with Crippen LogP contribution in [0.15, 0.2) is 43.1 Å². The van der Waals surface area contributed by atoms with Crippen molar-refractivity contribution in [2.75, 3.05) is 13.2 Å². The van der Waals surface area contributed by atoms with E-state index in [9.17, 15) is 14.4 Å². The van der Waals surface area contributed by atoms with Crippen LogP contribution in [-0.4, -0.2) is 64.3 Å². The summed E-state index contributed by atoms with van der Waals surface area (Å²) in [5.74, 6) is -0.659. The van der Waals surface area contributed by atoms with Gasteiger partial charge in [-0.15, -0.1) is 6.58 Å². The van der Waals surface area contributed by atoms with Gasteiger partial charge in [-0.3, -0.25) is 14.7 Å². The number of amides is 2. The third kappa shape index (κ3) is 5.66. The van der Waals surface area contributed by atoms with Gasteiger partial charge < -0.3 is 19.5 Å². The van der Waals surface area contributed by atoms with Crippen molar-refractivity contribution in [1.29, 1.82) is 0 Å². The lowest BCUT2D eigenvalue weighted by atomic mass is 10.1. The van der Waals surface area contributed by atoms with Crippen molar-refractivity contribution in [3.8, 4) is 5.75 Å². The van der Waals surface area contributed by atoms with Crippen LogP contribution in [0.25, 0.3) is 10.9 Å². The van der Waals surface area contributed by atoms with E-state index in [0.29, 0.717) is 22.7 Å². The lowest BCUT2D eigenvalue weighted by molar-refractivity contribution is -0.149. The summed E-state index contributed by atoms with van der Waals surface area (Å²) in [5.41, 5.74) is -1.26. The summed E-state index contributed by atoms with van der Waals surface area (Å²) in [6.07, 6.45) is 2.71. The molecule has 1 saturated heterocycles. The Hall–Kier alpha value is -3.33. The van der Waals surface area contributed by atoms with E-state index in [0.717, 1.165) is 5.39 Å². The Kier molecular flexibility index (Phi) is 7.37. The molecule has 1 aromatic carbocycles. The number of rotatable bonds is 7. The van der Waals surface area contributed by atoms with Crippen LogP contribution >= 0.6 is 11.6 Å². The molecule has 1 N–H and O–H groups in total. The third-order valence-corrected chi connectivity index (χ3v) is 6.67. The Morgan fingerprint density at radius 1 is 1.30 bits per heavy atom. The fourth-order valence-electron chi connectivity index (χ4n) is 4.60. The molecule has 1 aliphatic carbocycles. The van der Waals surface area contributed by atoms with Gasteiger partial charge in [0.1, 0.15) is 29.0 Å². The predicted octanol–water partition coefficient (Wildman–Crippen LogP) is 4.27.